The topological polar surface area (TPSA) is 65.2 Å². The number of nitrogens with one attached hydrogen (secondary N) is 4. The van der Waals surface area contributed by atoms with Gasteiger partial charge in [0.1, 0.15) is 0 Å². The Bertz CT molecular complexity index is 516. The molecule has 0 heterocycles. The van der Waals surface area contributed by atoms with Crippen molar-refractivity contribution < 1.29 is 4.79 Å². The van der Waals surface area contributed by atoms with Gasteiger partial charge in [-0.2, -0.15) is 0 Å². The van der Waals surface area contributed by atoms with Gasteiger partial charge >= 0.3 is 0 Å². The zero-order valence-electron chi connectivity index (χ0n) is 21.5. The molecule has 5 heteroatoms. The van der Waals surface area contributed by atoms with Gasteiger partial charge in [0.2, 0.25) is 5.91 Å². The second-order valence-corrected chi connectivity index (χ2v) is 7.98. The van der Waals surface area contributed by atoms with Crippen molar-refractivity contribution in [2.24, 2.45) is 0 Å². The number of rotatable bonds is 21. The lowest BCUT2D eigenvalue weighted by Crippen LogP contribution is -2.27. The number of carbonyl (C=O) groups excluding carboxylic acids is 1. The van der Waals surface area contributed by atoms with Crippen LogP contribution in [0.1, 0.15) is 85.0 Å². The van der Waals surface area contributed by atoms with Crippen molar-refractivity contribution in [2.45, 2.75) is 97.1 Å². The SMILES string of the molecule is C=CN[C@H](CCC(=C)NCCCCCCCC(=O)NCCC[C@@H](C=C)NC)C(=C)C.CC. The molecule has 0 unspecified atom stereocenters. The van der Waals surface area contributed by atoms with E-state index in [2.05, 4.69) is 47.6 Å². The fourth-order valence-electron chi connectivity index (χ4n) is 3.25. The number of carbonyl (C=O) groups is 1. The third-order valence-corrected chi connectivity index (χ3v) is 5.27. The Morgan fingerprint density at radius 2 is 1.50 bits per heavy atom. The molecule has 4 N–H and O–H groups in total. The largest absolute Gasteiger partial charge is 0.389 e. The van der Waals surface area contributed by atoms with Crippen molar-refractivity contribution in [3.05, 3.63) is 49.9 Å². The molecule has 2 atom stereocenters. The van der Waals surface area contributed by atoms with Gasteiger partial charge in [0.25, 0.3) is 0 Å². The minimum absolute atomic E-state index is 0.173. The minimum Gasteiger partial charge on any atom is -0.389 e. The molecule has 0 aromatic rings. The molecule has 0 aliphatic heterocycles. The summed E-state index contributed by atoms with van der Waals surface area (Å²) < 4.78 is 0. The summed E-state index contributed by atoms with van der Waals surface area (Å²) in [5, 5.41) is 12.8. The Morgan fingerprint density at radius 1 is 0.875 bits per heavy atom. The maximum absolute atomic E-state index is 11.8. The molecule has 0 saturated heterocycles. The zero-order valence-corrected chi connectivity index (χ0v) is 21.5. The highest BCUT2D eigenvalue weighted by molar-refractivity contribution is 5.75. The Morgan fingerprint density at radius 3 is 2.09 bits per heavy atom. The number of amides is 1. The maximum atomic E-state index is 11.8. The van der Waals surface area contributed by atoms with E-state index in [-0.39, 0.29) is 11.9 Å². The fraction of sp³-hybridized carbons (Fsp3) is 0.667. The molecule has 186 valence electrons. The first kappa shape index (κ1) is 32.2. The Hall–Kier alpha value is -2.01. The molecule has 0 aliphatic carbocycles. The van der Waals surface area contributed by atoms with Crippen LogP contribution in [-0.4, -0.2) is 38.1 Å². The van der Waals surface area contributed by atoms with E-state index >= 15 is 0 Å². The van der Waals surface area contributed by atoms with Gasteiger partial charge < -0.3 is 21.3 Å². The van der Waals surface area contributed by atoms with Crippen molar-refractivity contribution in [2.75, 3.05) is 20.1 Å². The van der Waals surface area contributed by atoms with E-state index in [0.717, 1.165) is 69.3 Å². The van der Waals surface area contributed by atoms with Crippen molar-refractivity contribution >= 4 is 5.91 Å². The first-order valence-electron chi connectivity index (χ1n) is 12.4. The van der Waals surface area contributed by atoms with Crippen LogP contribution in [0.15, 0.2) is 49.9 Å². The van der Waals surface area contributed by atoms with Crippen LogP contribution in [0.25, 0.3) is 0 Å². The minimum atomic E-state index is 0.173. The summed E-state index contributed by atoms with van der Waals surface area (Å²) in [4.78, 5) is 11.8. The normalized spacial score (nSPS) is 11.9. The Balaban J connectivity index is 0. The molecule has 0 spiro atoms. The van der Waals surface area contributed by atoms with Crippen LogP contribution in [0.5, 0.6) is 0 Å². The Kier molecular flexibility index (Phi) is 23.8. The van der Waals surface area contributed by atoms with Crippen LogP contribution < -0.4 is 21.3 Å². The molecular weight excluding hydrogens is 396 g/mol. The van der Waals surface area contributed by atoms with E-state index in [1.807, 2.05) is 33.9 Å². The fourth-order valence-corrected chi connectivity index (χ4v) is 3.25. The average Bonchev–Trinajstić information content (AvgIpc) is 2.79. The summed E-state index contributed by atoms with van der Waals surface area (Å²) in [5.41, 5.74) is 2.20. The van der Waals surface area contributed by atoms with Crippen molar-refractivity contribution in [3.63, 3.8) is 0 Å². The molecule has 5 nitrogen and oxygen atoms in total. The first-order chi connectivity index (χ1) is 15.4. The predicted molar refractivity (Wildman–Crippen MR) is 143 cm³/mol. The monoisotopic (exact) mass is 448 g/mol. The molecule has 1 amide bonds. The standard InChI is InChI=1S/C25H46N4O.C2H6/c1-7-23(26-6)15-14-20-29-25(30)16-12-10-9-11-13-19-28-22(5)17-18-24(21(3)4)27-8-2;1-2/h7-8,23-24,26-28H,1-3,5,9-20H2,4,6H3,(H,29,30);1-2H3/t23-,24-;/m1./s1. The molecule has 0 bridgehead atoms. The number of hydrogen-bond acceptors (Lipinski definition) is 4. The average molecular weight is 449 g/mol. The van der Waals surface area contributed by atoms with Crippen LogP contribution in [0.3, 0.4) is 0 Å². The molecule has 0 aromatic carbocycles. The van der Waals surface area contributed by atoms with Crippen molar-refractivity contribution in [3.8, 4) is 0 Å². The summed E-state index contributed by atoms with van der Waals surface area (Å²) in [6, 6.07) is 0.590. The smallest absolute Gasteiger partial charge is 0.219 e. The quantitative estimate of drug-likeness (QED) is 0.137. The predicted octanol–water partition coefficient (Wildman–Crippen LogP) is 5.58. The van der Waals surface area contributed by atoms with Crippen LogP contribution in [-0.2, 0) is 4.79 Å². The van der Waals surface area contributed by atoms with E-state index < -0.39 is 0 Å². The third kappa shape index (κ3) is 19.9. The highest BCUT2D eigenvalue weighted by Crippen LogP contribution is 2.10. The van der Waals surface area contributed by atoms with Gasteiger partial charge in [0, 0.05) is 37.3 Å². The van der Waals surface area contributed by atoms with E-state index in [9.17, 15) is 4.79 Å². The van der Waals surface area contributed by atoms with E-state index in [0.29, 0.717) is 12.5 Å². The number of allylic oxidation sites excluding steroid dienone is 1. The lowest BCUT2D eigenvalue weighted by atomic mass is 10.0. The third-order valence-electron chi connectivity index (χ3n) is 5.27. The summed E-state index contributed by atoms with van der Waals surface area (Å²) in [6.07, 6.45) is 13.7. The highest BCUT2D eigenvalue weighted by Gasteiger charge is 2.07. The molecule has 0 rings (SSSR count). The summed E-state index contributed by atoms with van der Waals surface area (Å²) in [7, 11) is 1.93. The van der Waals surface area contributed by atoms with Gasteiger partial charge in [-0.3, -0.25) is 4.79 Å². The van der Waals surface area contributed by atoms with Crippen molar-refractivity contribution in [1.29, 1.82) is 0 Å². The van der Waals surface area contributed by atoms with Gasteiger partial charge in [0.15, 0.2) is 0 Å². The van der Waals surface area contributed by atoms with Gasteiger partial charge in [-0.25, -0.2) is 0 Å². The van der Waals surface area contributed by atoms with E-state index in [1.165, 1.54) is 12.8 Å². The molecule has 0 saturated carbocycles. The van der Waals surface area contributed by atoms with Crippen LogP contribution >= 0.6 is 0 Å². The van der Waals surface area contributed by atoms with Crippen LogP contribution in [0.4, 0.5) is 0 Å². The van der Waals surface area contributed by atoms with Gasteiger partial charge in [0.05, 0.1) is 0 Å². The van der Waals surface area contributed by atoms with E-state index in [1.54, 1.807) is 6.20 Å². The maximum Gasteiger partial charge on any atom is 0.219 e. The zero-order chi connectivity index (χ0) is 24.6. The lowest BCUT2D eigenvalue weighted by Gasteiger charge is -2.18. The molecule has 32 heavy (non-hydrogen) atoms. The Labute approximate surface area is 199 Å². The van der Waals surface area contributed by atoms with Crippen LogP contribution in [0, 0.1) is 0 Å². The van der Waals surface area contributed by atoms with Crippen LogP contribution in [0.2, 0.25) is 0 Å². The summed E-state index contributed by atoms with van der Waals surface area (Å²) >= 11 is 0. The summed E-state index contributed by atoms with van der Waals surface area (Å²) in [6.45, 7) is 23.4. The first-order valence-corrected chi connectivity index (χ1v) is 12.4. The van der Waals surface area contributed by atoms with Crippen molar-refractivity contribution in [1.82, 2.24) is 21.3 Å². The van der Waals surface area contributed by atoms with Gasteiger partial charge in [-0.15, -0.1) is 6.58 Å². The molecule has 0 aromatic heterocycles. The lowest BCUT2D eigenvalue weighted by molar-refractivity contribution is -0.121. The highest BCUT2D eigenvalue weighted by atomic mass is 16.1. The van der Waals surface area contributed by atoms with E-state index in [4.69, 9.17) is 0 Å². The molecule has 0 fully saturated rings. The number of unbranched alkanes of at least 4 members (excludes halogenated alkanes) is 4. The summed E-state index contributed by atoms with van der Waals surface area (Å²) in [5.74, 6) is 0.173. The number of hydrogen-bond donors (Lipinski definition) is 4. The second-order valence-electron chi connectivity index (χ2n) is 7.98. The molecular formula is C27H52N4O. The van der Waals surface area contributed by atoms with Gasteiger partial charge in [-0.05, 0) is 58.7 Å². The molecule has 0 aliphatic rings. The second kappa shape index (κ2) is 23.6. The molecule has 0 radical (unpaired) electrons. The number of likely N-dealkylation sites (N-methyl/N-ethyl adjacent to an activating group) is 1. The van der Waals surface area contributed by atoms with Gasteiger partial charge in [-0.1, -0.05) is 64.5 Å².